The van der Waals surface area contributed by atoms with Gasteiger partial charge in [-0.15, -0.1) is 0 Å². The van der Waals surface area contributed by atoms with Gasteiger partial charge in [0, 0.05) is 49.5 Å². The quantitative estimate of drug-likeness (QED) is 0.258. The van der Waals surface area contributed by atoms with Gasteiger partial charge in [0.15, 0.2) is 5.75 Å². The predicted octanol–water partition coefficient (Wildman–Crippen LogP) is 3.62. The number of para-hydroxylation sites is 1. The van der Waals surface area contributed by atoms with Crippen molar-refractivity contribution in [3.8, 4) is 17.5 Å². The van der Waals surface area contributed by atoms with E-state index in [1.165, 1.54) is 12.3 Å². The van der Waals surface area contributed by atoms with E-state index in [1.807, 2.05) is 31.2 Å². The Morgan fingerprint density at radius 3 is 2.67 bits per heavy atom. The Balaban J connectivity index is 1.54. The molecule has 1 aromatic heterocycles. The van der Waals surface area contributed by atoms with Gasteiger partial charge in [0.25, 0.3) is 0 Å². The lowest BCUT2D eigenvalue weighted by atomic mass is 10.1. The minimum absolute atomic E-state index is 0.0675. The number of piperazine rings is 1. The standard InChI is InChI=1S/C29H35N7O3/c1-4-25(37)35-13-15-36(16-14-35)28-21-8-5-9-24(39-27-19(2)10-11-23(31)22(27)17-30)26(21)32-29(33-28)38-18-20-7-6-12-34(20)3/h4-5,8-11,17,20,30H,1,6-7,12-16,18,31H2,2-3H3/t20-/m0/s1. The maximum Gasteiger partial charge on any atom is 0.319 e. The number of amides is 1. The minimum atomic E-state index is -0.0675. The summed E-state index contributed by atoms with van der Waals surface area (Å²) in [6.07, 6.45) is 4.78. The van der Waals surface area contributed by atoms with Gasteiger partial charge in [0.2, 0.25) is 5.91 Å². The smallest absolute Gasteiger partial charge is 0.319 e. The van der Waals surface area contributed by atoms with Gasteiger partial charge in [-0.1, -0.05) is 18.7 Å². The second-order valence-corrected chi connectivity index (χ2v) is 10.0. The summed E-state index contributed by atoms with van der Waals surface area (Å²) in [4.78, 5) is 28.0. The zero-order valence-corrected chi connectivity index (χ0v) is 22.5. The maximum absolute atomic E-state index is 12.1. The van der Waals surface area contributed by atoms with Crippen molar-refractivity contribution in [1.29, 1.82) is 5.41 Å². The van der Waals surface area contributed by atoms with Crippen LogP contribution in [-0.4, -0.2) is 84.3 Å². The van der Waals surface area contributed by atoms with Gasteiger partial charge in [0.1, 0.15) is 23.7 Å². The van der Waals surface area contributed by atoms with Crippen LogP contribution in [0.5, 0.6) is 17.5 Å². The molecule has 1 amide bonds. The Morgan fingerprint density at radius 1 is 1.18 bits per heavy atom. The Labute approximate surface area is 228 Å². The Morgan fingerprint density at radius 2 is 1.97 bits per heavy atom. The van der Waals surface area contributed by atoms with E-state index in [1.54, 1.807) is 11.0 Å². The first kappa shape index (κ1) is 26.4. The van der Waals surface area contributed by atoms with Crippen molar-refractivity contribution >= 4 is 34.5 Å². The lowest BCUT2D eigenvalue weighted by Gasteiger charge is -2.35. The summed E-state index contributed by atoms with van der Waals surface area (Å²) in [5.41, 5.74) is 8.60. The summed E-state index contributed by atoms with van der Waals surface area (Å²) in [7, 11) is 2.11. The summed E-state index contributed by atoms with van der Waals surface area (Å²) < 4.78 is 12.6. The van der Waals surface area contributed by atoms with E-state index in [0.29, 0.717) is 67.1 Å². The number of nitrogen functional groups attached to an aromatic ring is 1. The first-order chi connectivity index (χ1) is 18.9. The van der Waals surface area contributed by atoms with Crippen molar-refractivity contribution in [3.05, 3.63) is 54.1 Å². The normalized spacial score (nSPS) is 17.8. The highest BCUT2D eigenvalue weighted by Crippen LogP contribution is 2.38. The number of fused-ring (bicyclic) bond motifs is 1. The molecular formula is C29H35N7O3. The molecule has 39 heavy (non-hydrogen) atoms. The van der Waals surface area contributed by atoms with Crippen molar-refractivity contribution in [2.24, 2.45) is 0 Å². The number of anilines is 2. The molecule has 3 aromatic rings. The average molecular weight is 530 g/mol. The van der Waals surface area contributed by atoms with E-state index < -0.39 is 0 Å². The van der Waals surface area contributed by atoms with E-state index in [4.69, 9.17) is 30.6 Å². The Kier molecular flexibility index (Phi) is 7.65. The lowest BCUT2D eigenvalue weighted by Crippen LogP contribution is -2.48. The number of rotatable bonds is 8. The predicted molar refractivity (Wildman–Crippen MR) is 153 cm³/mol. The number of nitrogens with one attached hydrogen (secondary N) is 1. The largest absolute Gasteiger partial charge is 0.462 e. The molecule has 2 aliphatic rings. The fourth-order valence-corrected chi connectivity index (χ4v) is 5.22. The van der Waals surface area contributed by atoms with Gasteiger partial charge in [-0.25, -0.2) is 0 Å². The number of nitrogens with two attached hydrogens (primary N) is 1. The minimum Gasteiger partial charge on any atom is -0.462 e. The number of aryl methyl sites for hydroxylation is 1. The van der Waals surface area contributed by atoms with Crippen LogP contribution in [0.3, 0.4) is 0 Å². The molecule has 3 heterocycles. The number of benzene rings is 2. The van der Waals surface area contributed by atoms with E-state index in [-0.39, 0.29) is 11.9 Å². The molecule has 2 aliphatic heterocycles. The van der Waals surface area contributed by atoms with Crippen LogP contribution in [0.4, 0.5) is 11.5 Å². The van der Waals surface area contributed by atoms with Crippen LogP contribution in [0, 0.1) is 12.3 Å². The zero-order valence-electron chi connectivity index (χ0n) is 22.5. The summed E-state index contributed by atoms with van der Waals surface area (Å²) >= 11 is 0. The molecular weight excluding hydrogens is 494 g/mol. The summed E-state index contributed by atoms with van der Waals surface area (Å²) in [5, 5.41) is 8.71. The first-order valence-electron chi connectivity index (χ1n) is 13.3. The lowest BCUT2D eigenvalue weighted by molar-refractivity contribution is -0.126. The Hall–Kier alpha value is -4.18. The number of likely N-dealkylation sites (N-methyl/N-ethyl adjacent to an activating group) is 1. The molecule has 10 nitrogen and oxygen atoms in total. The summed E-state index contributed by atoms with van der Waals surface area (Å²) in [5.74, 6) is 1.71. The second kappa shape index (κ2) is 11.3. The Bertz CT molecular complexity index is 1400. The number of carbonyl (C=O) groups excluding carboxylic acids is 1. The maximum atomic E-state index is 12.1. The number of likely N-dealkylation sites (tertiary alicyclic amines) is 1. The van der Waals surface area contributed by atoms with Gasteiger partial charge in [-0.2, -0.15) is 9.97 Å². The molecule has 3 N–H and O–H groups in total. The third-order valence-corrected chi connectivity index (χ3v) is 7.57. The van der Waals surface area contributed by atoms with Crippen LogP contribution in [0.2, 0.25) is 0 Å². The number of ether oxygens (including phenoxy) is 2. The van der Waals surface area contributed by atoms with Crippen LogP contribution in [0.1, 0.15) is 24.0 Å². The third kappa shape index (κ3) is 5.37. The molecule has 10 heteroatoms. The van der Waals surface area contributed by atoms with Gasteiger partial charge >= 0.3 is 6.01 Å². The highest BCUT2D eigenvalue weighted by Gasteiger charge is 2.26. The second-order valence-electron chi connectivity index (χ2n) is 10.0. The van der Waals surface area contributed by atoms with Crippen molar-refractivity contribution in [2.45, 2.75) is 25.8 Å². The van der Waals surface area contributed by atoms with Crippen LogP contribution in [-0.2, 0) is 4.79 Å². The molecule has 2 saturated heterocycles. The van der Waals surface area contributed by atoms with Crippen LogP contribution in [0.15, 0.2) is 43.0 Å². The number of hydrogen-bond acceptors (Lipinski definition) is 9. The first-order valence-corrected chi connectivity index (χ1v) is 13.3. The fraction of sp³-hybridized carbons (Fsp3) is 0.379. The molecule has 2 aromatic carbocycles. The summed E-state index contributed by atoms with van der Waals surface area (Å²) in [6.45, 7) is 9.46. The monoisotopic (exact) mass is 529 g/mol. The number of nitrogens with zero attached hydrogens (tertiary/aromatic N) is 5. The molecule has 0 bridgehead atoms. The molecule has 1 atom stereocenters. The molecule has 5 rings (SSSR count). The number of hydrogen-bond donors (Lipinski definition) is 2. The van der Waals surface area contributed by atoms with Crippen molar-refractivity contribution in [2.75, 3.05) is 57.0 Å². The van der Waals surface area contributed by atoms with E-state index in [9.17, 15) is 4.79 Å². The van der Waals surface area contributed by atoms with E-state index >= 15 is 0 Å². The molecule has 204 valence electrons. The zero-order chi connectivity index (χ0) is 27.5. The molecule has 0 radical (unpaired) electrons. The molecule has 0 spiro atoms. The van der Waals surface area contributed by atoms with Gasteiger partial charge in [0.05, 0.1) is 5.56 Å². The van der Waals surface area contributed by atoms with Gasteiger partial charge in [-0.05, 0) is 63.2 Å². The van der Waals surface area contributed by atoms with E-state index in [0.717, 1.165) is 36.2 Å². The fourth-order valence-electron chi connectivity index (χ4n) is 5.22. The third-order valence-electron chi connectivity index (χ3n) is 7.57. The number of carbonyl (C=O) groups is 1. The topological polar surface area (TPSA) is 121 Å². The van der Waals surface area contributed by atoms with Crippen molar-refractivity contribution in [3.63, 3.8) is 0 Å². The summed E-state index contributed by atoms with van der Waals surface area (Å²) in [6, 6.07) is 9.98. The highest BCUT2D eigenvalue weighted by molar-refractivity contribution is 5.95. The van der Waals surface area contributed by atoms with Crippen molar-refractivity contribution < 1.29 is 14.3 Å². The molecule has 0 saturated carbocycles. The molecule has 0 unspecified atom stereocenters. The average Bonchev–Trinajstić information content (AvgIpc) is 3.37. The van der Waals surface area contributed by atoms with Crippen LogP contribution >= 0.6 is 0 Å². The molecule has 2 fully saturated rings. The SMILES string of the molecule is C=CC(=O)N1CCN(c2nc(OC[C@@H]3CCCN3C)nc3c(Oc4c(C)ccc(N)c4C=N)cccc23)CC1. The number of aromatic nitrogens is 2. The van der Waals surface area contributed by atoms with Crippen LogP contribution in [0.25, 0.3) is 10.9 Å². The highest BCUT2D eigenvalue weighted by atomic mass is 16.5. The van der Waals surface area contributed by atoms with Crippen LogP contribution < -0.4 is 20.1 Å². The van der Waals surface area contributed by atoms with Gasteiger partial charge < -0.3 is 35.3 Å². The van der Waals surface area contributed by atoms with E-state index in [2.05, 4.69) is 23.4 Å². The molecule has 0 aliphatic carbocycles. The van der Waals surface area contributed by atoms with Crippen molar-refractivity contribution in [1.82, 2.24) is 19.8 Å². The van der Waals surface area contributed by atoms with Gasteiger partial charge in [-0.3, -0.25) is 4.79 Å².